The molecule has 0 spiro atoms. The molecule has 270 valence electrons. The molecule has 0 saturated heterocycles. The summed E-state index contributed by atoms with van der Waals surface area (Å²) in [6.07, 6.45) is 0. The van der Waals surface area contributed by atoms with E-state index in [4.69, 9.17) is 9.97 Å². The van der Waals surface area contributed by atoms with Gasteiger partial charge in [0.15, 0.2) is 5.82 Å². The quantitative estimate of drug-likeness (QED) is 0.125. The summed E-state index contributed by atoms with van der Waals surface area (Å²) in [5.41, 5.74) is 11.9. The minimum Gasteiger partial charge on any atom is -0.228 e. The highest BCUT2D eigenvalue weighted by Gasteiger charge is 2.15. The molecule has 0 amide bonds. The van der Waals surface area contributed by atoms with E-state index in [1.165, 1.54) is 65.3 Å². The zero-order valence-electron chi connectivity index (χ0n) is 31.7. The molecule has 11 aromatic rings. The van der Waals surface area contributed by atoms with Crippen molar-refractivity contribution in [2.45, 2.75) is 0 Å². The molecule has 0 atom stereocenters. The van der Waals surface area contributed by atoms with E-state index in [1.54, 1.807) is 0 Å². The lowest BCUT2D eigenvalue weighted by molar-refractivity contribution is 1.18. The Hall–Kier alpha value is -7.68. The maximum Gasteiger partial charge on any atom is 0.160 e. The Bertz CT molecular complexity index is 3310. The lowest BCUT2D eigenvalue weighted by Gasteiger charge is -2.15. The van der Waals surface area contributed by atoms with E-state index in [1.807, 2.05) is 0 Å². The first-order chi connectivity index (χ1) is 28.7. The monoisotopic (exact) mass is 736 g/mol. The zero-order chi connectivity index (χ0) is 38.4. The van der Waals surface area contributed by atoms with Gasteiger partial charge in [-0.1, -0.05) is 200 Å². The third-order valence-corrected chi connectivity index (χ3v) is 11.5. The van der Waals surface area contributed by atoms with E-state index >= 15 is 0 Å². The van der Waals surface area contributed by atoms with Crippen LogP contribution in [0.15, 0.2) is 218 Å². The molecule has 0 aliphatic rings. The molecule has 0 aliphatic carbocycles. The minimum absolute atomic E-state index is 0.691. The van der Waals surface area contributed by atoms with E-state index in [0.29, 0.717) is 5.82 Å². The number of aromatic nitrogens is 2. The first-order valence-electron chi connectivity index (χ1n) is 19.8. The lowest BCUT2D eigenvalue weighted by atomic mass is 9.89. The predicted octanol–water partition coefficient (Wildman–Crippen LogP) is 15.1. The molecule has 0 unspecified atom stereocenters. The van der Waals surface area contributed by atoms with Crippen LogP contribution in [0.5, 0.6) is 0 Å². The molecule has 2 nitrogen and oxygen atoms in total. The summed E-state index contributed by atoms with van der Waals surface area (Å²) in [4.78, 5) is 10.5. The molecule has 0 N–H and O–H groups in total. The van der Waals surface area contributed by atoms with Crippen molar-refractivity contribution in [1.82, 2.24) is 9.97 Å². The van der Waals surface area contributed by atoms with Crippen molar-refractivity contribution in [1.29, 1.82) is 0 Å². The van der Waals surface area contributed by atoms with Crippen LogP contribution in [0, 0.1) is 0 Å². The molecule has 58 heavy (non-hydrogen) atoms. The van der Waals surface area contributed by atoms with Crippen molar-refractivity contribution in [3.63, 3.8) is 0 Å². The fourth-order valence-electron chi connectivity index (χ4n) is 8.58. The van der Waals surface area contributed by atoms with Gasteiger partial charge >= 0.3 is 0 Å². The summed E-state index contributed by atoms with van der Waals surface area (Å²) in [6, 6.07) is 78.2. The van der Waals surface area contributed by atoms with Gasteiger partial charge in [-0.3, -0.25) is 0 Å². The number of hydrogen-bond donors (Lipinski definition) is 0. The normalized spacial score (nSPS) is 11.4. The van der Waals surface area contributed by atoms with Gasteiger partial charge < -0.3 is 0 Å². The fraction of sp³-hybridized carbons (Fsp3) is 0. The molecular formula is C56H36N2. The van der Waals surface area contributed by atoms with Crippen molar-refractivity contribution >= 4 is 43.1 Å². The van der Waals surface area contributed by atoms with Crippen molar-refractivity contribution in [3.05, 3.63) is 218 Å². The SMILES string of the molecule is c1ccc(-c2cccc(-c3cc(-c4ccc(-c5cccc6ccccc56)cc4)nc(-c4ccc(-c5c6ccccc6cc6c5ccc5ccccc56)cc4)n3)c2)cc1. The van der Waals surface area contributed by atoms with Crippen LogP contribution in [-0.4, -0.2) is 9.97 Å². The van der Waals surface area contributed by atoms with Crippen LogP contribution < -0.4 is 0 Å². The summed E-state index contributed by atoms with van der Waals surface area (Å²) in [5.74, 6) is 0.691. The fourth-order valence-corrected chi connectivity index (χ4v) is 8.58. The van der Waals surface area contributed by atoms with E-state index in [-0.39, 0.29) is 0 Å². The Labute approximate surface area is 337 Å². The standard InChI is InChI=1S/C56H36N2/c1-2-12-37(13-3-1)44-18-10-19-46(34-44)54-36-53(41-26-24-40(25-27-41)48-23-11-17-38-14-4-7-20-47(38)48)57-56(58-54)43-30-28-42(29-31-43)55-50-22-9-6-16-45(50)35-52-49-21-8-5-15-39(49)32-33-51(52)55/h1-36H. The number of fused-ring (bicyclic) bond motifs is 5. The molecule has 11 rings (SSSR count). The van der Waals surface area contributed by atoms with Crippen LogP contribution in [0.3, 0.4) is 0 Å². The summed E-state index contributed by atoms with van der Waals surface area (Å²) >= 11 is 0. The Morgan fingerprint density at radius 1 is 0.241 bits per heavy atom. The van der Waals surface area contributed by atoms with Crippen LogP contribution in [0.2, 0.25) is 0 Å². The Morgan fingerprint density at radius 3 is 1.59 bits per heavy atom. The first kappa shape index (κ1) is 33.6. The number of benzene rings is 10. The molecule has 0 saturated carbocycles. The van der Waals surface area contributed by atoms with E-state index in [0.717, 1.165) is 39.2 Å². The molecular weight excluding hydrogens is 701 g/mol. The summed E-state index contributed by atoms with van der Waals surface area (Å²) < 4.78 is 0. The highest BCUT2D eigenvalue weighted by molar-refractivity contribution is 6.20. The first-order valence-corrected chi connectivity index (χ1v) is 19.8. The maximum atomic E-state index is 5.26. The average Bonchev–Trinajstić information content (AvgIpc) is 3.31. The maximum absolute atomic E-state index is 5.26. The van der Waals surface area contributed by atoms with Gasteiger partial charge in [-0.05, 0) is 94.7 Å². The lowest BCUT2D eigenvalue weighted by Crippen LogP contribution is -1.96. The van der Waals surface area contributed by atoms with Gasteiger partial charge in [-0.2, -0.15) is 0 Å². The number of rotatable bonds is 6. The molecule has 0 bridgehead atoms. The van der Waals surface area contributed by atoms with Crippen LogP contribution in [0.4, 0.5) is 0 Å². The third-order valence-electron chi connectivity index (χ3n) is 11.5. The molecule has 0 fully saturated rings. The Balaban J connectivity index is 1.04. The molecule has 10 aromatic carbocycles. The number of hydrogen-bond acceptors (Lipinski definition) is 2. The molecule has 1 heterocycles. The molecule has 1 aromatic heterocycles. The van der Waals surface area contributed by atoms with Crippen molar-refractivity contribution in [2.75, 3.05) is 0 Å². The Kier molecular flexibility index (Phi) is 8.19. The molecule has 0 aliphatic heterocycles. The predicted molar refractivity (Wildman–Crippen MR) is 245 cm³/mol. The topological polar surface area (TPSA) is 25.8 Å². The van der Waals surface area contributed by atoms with Crippen LogP contribution >= 0.6 is 0 Å². The van der Waals surface area contributed by atoms with Crippen LogP contribution in [0.25, 0.3) is 110 Å². The van der Waals surface area contributed by atoms with Gasteiger partial charge in [0, 0.05) is 16.7 Å². The minimum atomic E-state index is 0.691. The smallest absolute Gasteiger partial charge is 0.160 e. The second kappa shape index (κ2) is 14.1. The van der Waals surface area contributed by atoms with Gasteiger partial charge in [0.2, 0.25) is 0 Å². The van der Waals surface area contributed by atoms with Crippen molar-refractivity contribution in [2.24, 2.45) is 0 Å². The van der Waals surface area contributed by atoms with Gasteiger partial charge in [0.25, 0.3) is 0 Å². The number of nitrogens with zero attached hydrogens (tertiary/aromatic N) is 2. The second-order valence-electron chi connectivity index (χ2n) is 14.9. The summed E-state index contributed by atoms with van der Waals surface area (Å²) in [6.45, 7) is 0. The van der Waals surface area contributed by atoms with Crippen molar-refractivity contribution < 1.29 is 0 Å². The van der Waals surface area contributed by atoms with E-state index in [2.05, 4.69) is 218 Å². The zero-order valence-corrected chi connectivity index (χ0v) is 31.7. The summed E-state index contributed by atoms with van der Waals surface area (Å²) in [7, 11) is 0. The highest BCUT2D eigenvalue weighted by Crippen LogP contribution is 2.40. The van der Waals surface area contributed by atoms with E-state index < -0.39 is 0 Å². The highest BCUT2D eigenvalue weighted by atomic mass is 14.9. The van der Waals surface area contributed by atoms with Crippen LogP contribution in [-0.2, 0) is 0 Å². The van der Waals surface area contributed by atoms with Crippen LogP contribution in [0.1, 0.15) is 0 Å². The molecule has 0 radical (unpaired) electrons. The summed E-state index contributed by atoms with van der Waals surface area (Å²) in [5, 5.41) is 9.98. The van der Waals surface area contributed by atoms with Gasteiger partial charge in [-0.25, -0.2) is 9.97 Å². The van der Waals surface area contributed by atoms with Crippen molar-refractivity contribution in [3.8, 4) is 67.3 Å². The van der Waals surface area contributed by atoms with Gasteiger partial charge in [0.1, 0.15) is 0 Å². The van der Waals surface area contributed by atoms with Gasteiger partial charge in [0.05, 0.1) is 11.4 Å². The molecule has 2 heteroatoms. The van der Waals surface area contributed by atoms with E-state index in [9.17, 15) is 0 Å². The average molecular weight is 737 g/mol. The Morgan fingerprint density at radius 2 is 0.793 bits per heavy atom. The second-order valence-corrected chi connectivity index (χ2v) is 14.9. The van der Waals surface area contributed by atoms with Gasteiger partial charge in [-0.15, -0.1) is 0 Å². The largest absolute Gasteiger partial charge is 0.228 e. The third kappa shape index (κ3) is 6.00.